The minimum Gasteiger partial charge on any atom is -0.492 e. The molecule has 4 saturated carbocycles. The van der Waals surface area contributed by atoms with E-state index in [2.05, 4.69) is 26.0 Å². The number of aromatic nitrogens is 3. The third-order valence-electron chi connectivity index (χ3n) is 10.7. The summed E-state index contributed by atoms with van der Waals surface area (Å²) in [6, 6.07) is 13.3. The Bertz CT molecular complexity index is 1720. The highest BCUT2D eigenvalue weighted by Crippen LogP contribution is 2.60. The Morgan fingerprint density at radius 3 is 2.31 bits per heavy atom. The predicted octanol–water partition coefficient (Wildman–Crippen LogP) is 4.49. The van der Waals surface area contributed by atoms with Gasteiger partial charge in [0.2, 0.25) is 15.9 Å². The van der Waals surface area contributed by atoms with Crippen LogP contribution in [0.25, 0.3) is 11.1 Å². The monoisotopic (exact) mass is 672 g/mol. The molecule has 2 amide bonds. The van der Waals surface area contributed by atoms with Gasteiger partial charge in [0, 0.05) is 44.4 Å². The lowest BCUT2D eigenvalue weighted by atomic mass is 9.50. The lowest BCUT2D eigenvalue weighted by Crippen LogP contribution is -2.51. The zero-order chi connectivity index (χ0) is 33.3. The number of anilines is 1. The number of benzene rings is 1. The molecule has 3 heterocycles. The van der Waals surface area contributed by atoms with Crippen LogP contribution < -0.4 is 14.4 Å². The second-order valence-electron chi connectivity index (χ2n) is 14.3. The number of piperazine rings is 1. The van der Waals surface area contributed by atoms with Crippen molar-refractivity contribution in [3.8, 4) is 16.9 Å². The first-order chi connectivity index (χ1) is 23.2. The number of amides is 2. The van der Waals surface area contributed by atoms with Crippen molar-refractivity contribution in [2.24, 2.45) is 23.2 Å². The number of sulfonamides is 1. The van der Waals surface area contributed by atoms with Crippen LogP contribution in [0.2, 0.25) is 0 Å². The Morgan fingerprint density at radius 1 is 0.938 bits per heavy atom. The Kier molecular flexibility index (Phi) is 9.10. The maximum Gasteiger partial charge on any atom is 0.285 e. The van der Waals surface area contributed by atoms with E-state index in [-0.39, 0.29) is 22.8 Å². The minimum absolute atomic E-state index is 0.0100. The molecule has 12 heteroatoms. The Balaban J connectivity index is 0.897. The molecule has 5 fully saturated rings. The van der Waals surface area contributed by atoms with Gasteiger partial charge in [0.15, 0.2) is 11.5 Å². The highest BCUT2D eigenvalue weighted by atomic mass is 32.2. The van der Waals surface area contributed by atoms with Crippen LogP contribution >= 0.6 is 0 Å². The standard InChI is InChI=1S/C36H44N6O5S/c1-2-47-30-18-29(22-37-23-30)31-6-4-3-5-28(31)7-10-34(43)42-13-11-41(12-14-42)33-9-8-32(38-39-33)35(44)40-48(45,46)24-36-19-25-15-26(20-36)17-27(16-25)21-36/h3-6,8-9,18,22-23,25-27H,2,7,10-17,19-21,24H2,1H3,(H,40,44). The maximum absolute atomic E-state index is 13.2. The van der Waals surface area contributed by atoms with E-state index in [1.165, 1.54) is 25.3 Å². The van der Waals surface area contributed by atoms with Gasteiger partial charge in [0.05, 0.1) is 18.6 Å². The van der Waals surface area contributed by atoms with Crippen molar-refractivity contribution in [1.29, 1.82) is 0 Å². The summed E-state index contributed by atoms with van der Waals surface area (Å²) in [6.07, 6.45) is 11.1. The van der Waals surface area contributed by atoms with Crippen molar-refractivity contribution in [1.82, 2.24) is 24.8 Å². The van der Waals surface area contributed by atoms with Crippen molar-refractivity contribution in [3.05, 3.63) is 66.1 Å². The molecule has 1 N–H and O–H groups in total. The minimum atomic E-state index is -3.80. The maximum atomic E-state index is 13.2. The molecule has 1 saturated heterocycles. The first-order valence-corrected chi connectivity index (χ1v) is 18.9. The van der Waals surface area contributed by atoms with Gasteiger partial charge >= 0.3 is 0 Å². The van der Waals surface area contributed by atoms with Crippen LogP contribution in [0.3, 0.4) is 0 Å². The van der Waals surface area contributed by atoms with Crippen molar-refractivity contribution in [2.75, 3.05) is 43.4 Å². The lowest BCUT2D eigenvalue weighted by molar-refractivity contribution is -0.131. The fourth-order valence-corrected chi connectivity index (χ4v) is 10.7. The SMILES string of the molecule is CCOc1cncc(-c2ccccc2CCC(=O)N2CCN(c3ccc(C(=O)NS(=O)(=O)CC45CC6CC(CC(C6)C4)C5)nn3)CC2)c1. The summed E-state index contributed by atoms with van der Waals surface area (Å²) in [6.45, 7) is 4.77. The molecule has 254 valence electrons. The number of nitrogens with one attached hydrogen (secondary N) is 1. The van der Waals surface area contributed by atoms with Crippen LogP contribution in [0.1, 0.15) is 67.9 Å². The molecule has 8 rings (SSSR count). The molecule has 0 spiro atoms. The zero-order valence-electron chi connectivity index (χ0n) is 27.5. The number of ether oxygens (including phenoxy) is 1. The number of carbonyl (C=O) groups is 2. The molecule has 2 aromatic heterocycles. The summed E-state index contributed by atoms with van der Waals surface area (Å²) in [5, 5.41) is 8.31. The molecule has 4 aliphatic carbocycles. The van der Waals surface area contributed by atoms with Crippen LogP contribution in [-0.2, 0) is 21.2 Å². The fourth-order valence-electron chi connectivity index (χ4n) is 9.13. The summed E-state index contributed by atoms with van der Waals surface area (Å²) < 4.78 is 34.1. The summed E-state index contributed by atoms with van der Waals surface area (Å²) in [4.78, 5) is 34.3. The normalized spacial score (nSPS) is 24.8. The summed E-state index contributed by atoms with van der Waals surface area (Å²) >= 11 is 0. The van der Waals surface area contributed by atoms with Crippen LogP contribution in [-0.4, -0.2) is 78.9 Å². The van der Waals surface area contributed by atoms with E-state index in [1.54, 1.807) is 12.3 Å². The lowest BCUT2D eigenvalue weighted by Gasteiger charge is -2.56. The molecule has 1 aliphatic heterocycles. The highest BCUT2D eigenvalue weighted by Gasteiger charge is 2.52. The number of hydrogen-bond donors (Lipinski definition) is 1. The number of hydrogen-bond acceptors (Lipinski definition) is 9. The second-order valence-corrected chi connectivity index (χ2v) is 16.0. The summed E-state index contributed by atoms with van der Waals surface area (Å²) in [5.41, 5.74) is 2.86. The quantitative estimate of drug-likeness (QED) is 0.313. The zero-order valence-corrected chi connectivity index (χ0v) is 28.3. The largest absolute Gasteiger partial charge is 0.492 e. The van der Waals surface area contributed by atoms with E-state index in [9.17, 15) is 18.0 Å². The smallest absolute Gasteiger partial charge is 0.285 e. The van der Waals surface area contributed by atoms with Crippen LogP contribution in [0.4, 0.5) is 5.82 Å². The van der Waals surface area contributed by atoms with E-state index in [4.69, 9.17) is 4.74 Å². The van der Waals surface area contributed by atoms with Crippen molar-refractivity contribution in [2.45, 2.75) is 58.3 Å². The Morgan fingerprint density at radius 2 is 1.65 bits per heavy atom. The van der Waals surface area contributed by atoms with Gasteiger partial charge < -0.3 is 14.5 Å². The molecule has 1 aromatic carbocycles. The molecule has 0 atom stereocenters. The fraction of sp³-hybridized carbons (Fsp3) is 0.528. The molecule has 0 unspecified atom stereocenters. The van der Waals surface area contributed by atoms with Gasteiger partial charge in [-0.05, 0) is 104 Å². The van der Waals surface area contributed by atoms with E-state index in [1.807, 2.05) is 47.2 Å². The predicted molar refractivity (Wildman–Crippen MR) is 182 cm³/mol. The van der Waals surface area contributed by atoms with E-state index >= 15 is 0 Å². The molecular formula is C36H44N6O5S. The average molecular weight is 673 g/mol. The molecule has 4 bridgehead atoms. The topological polar surface area (TPSA) is 135 Å². The van der Waals surface area contributed by atoms with Gasteiger partial charge in [-0.3, -0.25) is 14.6 Å². The van der Waals surface area contributed by atoms with Gasteiger partial charge in [-0.25, -0.2) is 13.1 Å². The Hall–Kier alpha value is -4.06. The molecule has 5 aliphatic rings. The summed E-state index contributed by atoms with van der Waals surface area (Å²) in [7, 11) is -3.80. The highest BCUT2D eigenvalue weighted by molar-refractivity contribution is 7.90. The van der Waals surface area contributed by atoms with E-state index in [0.29, 0.717) is 69.2 Å². The van der Waals surface area contributed by atoms with Crippen LogP contribution in [0.5, 0.6) is 5.75 Å². The van der Waals surface area contributed by atoms with Gasteiger partial charge in [-0.2, -0.15) is 0 Å². The van der Waals surface area contributed by atoms with E-state index < -0.39 is 15.9 Å². The molecule has 48 heavy (non-hydrogen) atoms. The van der Waals surface area contributed by atoms with Crippen LogP contribution in [0.15, 0.2) is 54.9 Å². The van der Waals surface area contributed by atoms with Crippen molar-refractivity contribution in [3.63, 3.8) is 0 Å². The number of aryl methyl sites for hydroxylation is 1. The second kappa shape index (κ2) is 13.4. The van der Waals surface area contributed by atoms with Gasteiger partial charge in [0.1, 0.15) is 5.75 Å². The molecular weight excluding hydrogens is 628 g/mol. The van der Waals surface area contributed by atoms with Gasteiger partial charge in [-0.15, -0.1) is 10.2 Å². The average Bonchev–Trinajstić information content (AvgIpc) is 3.06. The number of nitrogens with zero attached hydrogens (tertiary/aromatic N) is 5. The van der Waals surface area contributed by atoms with Gasteiger partial charge in [-0.1, -0.05) is 24.3 Å². The molecule has 0 radical (unpaired) electrons. The number of rotatable bonds is 11. The van der Waals surface area contributed by atoms with E-state index in [0.717, 1.165) is 41.7 Å². The van der Waals surface area contributed by atoms with Crippen molar-refractivity contribution >= 4 is 27.7 Å². The Labute approximate surface area is 282 Å². The first-order valence-electron chi connectivity index (χ1n) is 17.2. The van der Waals surface area contributed by atoms with Crippen molar-refractivity contribution < 1.29 is 22.7 Å². The number of pyridine rings is 1. The van der Waals surface area contributed by atoms with Crippen LogP contribution in [0, 0.1) is 23.2 Å². The number of carbonyl (C=O) groups excluding carboxylic acids is 2. The third-order valence-corrected chi connectivity index (χ3v) is 12.2. The van der Waals surface area contributed by atoms with Gasteiger partial charge in [0.25, 0.3) is 5.91 Å². The first kappa shape index (κ1) is 32.5. The molecule has 3 aromatic rings. The molecule has 11 nitrogen and oxygen atoms in total. The third kappa shape index (κ3) is 7.18. The summed E-state index contributed by atoms with van der Waals surface area (Å²) in [5.74, 6) is 2.58.